The Morgan fingerprint density at radius 3 is 2.74 bits per heavy atom. The minimum Gasteiger partial charge on any atom is -0.445 e. The van der Waals surface area contributed by atoms with Crippen LogP contribution in [0.25, 0.3) is 5.57 Å². The van der Waals surface area contributed by atoms with Crippen LogP contribution in [0.15, 0.2) is 42.5 Å². The van der Waals surface area contributed by atoms with Crippen molar-refractivity contribution in [2.75, 3.05) is 32.4 Å². The molecule has 2 aliphatic heterocycles. The van der Waals surface area contributed by atoms with E-state index in [1.165, 1.54) is 34.4 Å². The molecule has 1 atom stereocenters. The van der Waals surface area contributed by atoms with Gasteiger partial charge in [-0.2, -0.15) is 0 Å². The first-order valence-electron chi connectivity index (χ1n) is 12.6. The molecule has 5 rings (SSSR count). The van der Waals surface area contributed by atoms with Gasteiger partial charge in [0.25, 0.3) is 0 Å². The molecule has 3 aliphatic rings. The van der Waals surface area contributed by atoms with Crippen molar-refractivity contribution in [3.63, 3.8) is 0 Å². The maximum Gasteiger partial charge on any atom is 0.410 e. The number of aryl methyl sites for hydroxylation is 1. The average molecular weight is 588 g/mol. The van der Waals surface area contributed by atoms with Crippen LogP contribution in [-0.4, -0.2) is 69.4 Å². The number of carbonyl (C=O) groups excluding carboxylic acids is 3. The SMILES string of the molecule is CN(C(=O)OCc1cc(F)cc(Cl)c1)C1CCc2ccc(C3=CCN(C(=O)CN4C(=O)CSC4=S)CC3)cc21. The summed E-state index contributed by atoms with van der Waals surface area (Å²) in [6.07, 6.45) is 3.89. The Kier molecular flexibility index (Phi) is 8.25. The topological polar surface area (TPSA) is 70.2 Å². The van der Waals surface area contributed by atoms with Crippen LogP contribution in [0.4, 0.5) is 9.18 Å². The number of hydrogen-bond acceptors (Lipinski definition) is 6. The van der Waals surface area contributed by atoms with Crippen LogP contribution in [0.2, 0.25) is 5.02 Å². The van der Waals surface area contributed by atoms with Crippen LogP contribution < -0.4 is 0 Å². The number of ether oxygens (including phenoxy) is 1. The van der Waals surface area contributed by atoms with Gasteiger partial charge < -0.3 is 14.5 Å². The van der Waals surface area contributed by atoms with E-state index >= 15 is 0 Å². The Morgan fingerprint density at radius 1 is 1.23 bits per heavy atom. The van der Waals surface area contributed by atoms with Gasteiger partial charge in [0.1, 0.15) is 23.3 Å². The van der Waals surface area contributed by atoms with Crippen molar-refractivity contribution in [3.8, 4) is 0 Å². The van der Waals surface area contributed by atoms with Gasteiger partial charge in [-0.25, -0.2) is 9.18 Å². The first-order chi connectivity index (χ1) is 18.7. The molecule has 0 N–H and O–H groups in total. The Morgan fingerprint density at radius 2 is 2.05 bits per heavy atom. The molecule has 0 bridgehead atoms. The Bertz CT molecular complexity index is 1350. The van der Waals surface area contributed by atoms with Crippen molar-refractivity contribution in [2.24, 2.45) is 0 Å². The van der Waals surface area contributed by atoms with Gasteiger partial charge in [0.2, 0.25) is 11.8 Å². The molecule has 2 heterocycles. The van der Waals surface area contributed by atoms with E-state index in [-0.39, 0.29) is 36.0 Å². The van der Waals surface area contributed by atoms with Gasteiger partial charge in [0, 0.05) is 25.2 Å². The first kappa shape index (κ1) is 27.6. The van der Waals surface area contributed by atoms with Gasteiger partial charge in [-0.05, 0) is 71.4 Å². The summed E-state index contributed by atoms with van der Waals surface area (Å²) in [6.45, 7) is 0.943. The number of benzene rings is 2. The molecule has 39 heavy (non-hydrogen) atoms. The predicted molar refractivity (Wildman–Crippen MR) is 153 cm³/mol. The molecular formula is C28H27ClFN3O4S2. The van der Waals surface area contributed by atoms with E-state index in [2.05, 4.69) is 18.2 Å². The number of carbonyl (C=O) groups is 3. The van der Waals surface area contributed by atoms with Gasteiger partial charge in [-0.3, -0.25) is 14.5 Å². The number of amides is 3. The second-order valence-electron chi connectivity index (χ2n) is 9.76. The van der Waals surface area contributed by atoms with Gasteiger partial charge >= 0.3 is 6.09 Å². The molecule has 0 radical (unpaired) electrons. The Balaban J connectivity index is 1.22. The van der Waals surface area contributed by atoms with E-state index in [9.17, 15) is 18.8 Å². The molecule has 2 aromatic carbocycles. The van der Waals surface area contributed by atoms with E-state index in [4.69, 9.17) is 28.6 Å². The lowest BCUT2D eigenvalue weighted by Crippen LogP contribution is -2.43. The monoisotopic (exact) mass is 587 g/mol. The van der Waals surface area contributed by atoms with Gasteiger partial charge in [0.15, 0.2) is 0 Å². The second kappa shape index (κ2) is 11.7. The summed E-state index contributed by atoms with van der Waals surface area (Å²) in [5, 5.41) is 0.251. The van der Waals surface area contributed by atoms with Crippen molar-refractivity contribution in [1.29, 1.82) is 0 Å². The lowest BCUT2D eigenvalue weighted by Gasteiger charge is -2.29. The fourth-order valence-electron chi connectivity index (χ4n) is 5.18. The number of halogens is 2. The van der Waals surface area contributed by atoms with Crippen LogP contribution in [0.3, 0.4) is 0 Å². The molecule has 11 heteroatoms. The maximum absolute atomic E-state index is 13.6. The number of fused-ring (bicyclic) bond motifs is 1. The highest BCUT2D eigenvalue weighted by atomic mass is 35.5. The van der Waals surface area contributed by atoms with E-state index in [0.29, 0.717) is 35.1 Å². The highest BCUT2D eigenvalue weighted by Gasteiger charge is 2.32. The summed E-state index contributed by atoms with van der Waals surface area (Å²) in [5.74, 6) is -0.414. The summed E-state index contributed by atoms with van der Waals surface area (Å²) >= 11 is 12.4. The largest absolute Gasteiger partial charge is 0.445 e. The van der Waals surface area contributed by atoms with Crippen LogP contribution in [0.5, 0.6) is 0 Å². The number of thioether (sulfide) groups is 1. The zero-order chi connectivity index (χ0) is 27.7. The molecule has 1 saturated heterocycles. The maximum atomic E-state index is 13.6. The second-order valence-corrected chi connectivity index (χ2v) is 11.8. The molecule has 0 aromatic heterocycles. The third-order valence-electron chi connectivity index (χ3n) is 7.30. The molecular weight excluding hydrogens is 561 g/mol. The number of hydrogen-bond donors (Lipinski definition) is 0. The highest BCUT2D eigenvalue weighted by Crippen LogP contribution is 2.38. The summed E-state index contributed by atoms with van der Waals surface area (Å²) in [6, 6.07) is 10.3. The molecule has 7 nitrogen and oxygen atoms in total. The summed E-state index contributed by atoms with van der Waals surface area (Å²) in [4.78, 5) is 42.3. The molecule has 2 aromatic rings. The lowest BCUT2D eigenvalue weighted by atomic mass is 9.95. The molecule has 204 valence electrons. The van der Waals surface area contributed by atoms with Crippen molar-refractivity contribution in [3.05, 3.63) is 75.6 Å². The number of nitrogens with zero attached hydrogens (tertiary/aromatic N) is 3. The van der Waals surface area contributed by atoms with Crippen molar-refractivity contribution >= 4 is 63.4 Å². The van der Waals surface area contributed by atoms with Crippen molar-refractivity contribution < 1.29 is 23.5 Å². The third-order valence-corrected chi connectivity index (χ3v) is 8.95. The molecule has 1 fully saturated rings. The zero-order valence-corrected chi connectivity index (χ0v) is 23.7. The fraction of sp³-hybridized carbons (Fsp3) is 0.357. The van der Waals surface area contributed by atoms with Gasteiger partial charge in [0.05, 0.1) is 11.8 Å². The molecule has 1 aliphatic carbocycles. The highest BCUT2D eigenvalue weighted by molar-refractivity contribution is 8.23. The summed E-state index contributed by atoms with van der Waals surface area (Å²) in [7, 11) is 1.71. The third kappa shape index (κ3) is 6.13. The van der Waals surface area contributed by atoms with Gasteiger partial charge in [-0.1, -0.05) is 53.8 Å². The Hall–Kier alpha value is -2.95. The summed E-state index contributed by atoms with van der Waals surface area (Å²) < 4.78 is 19.5. The normalized spacial score (nSPS) is 18.7. The quantitative estimate of drug-likeness (QED) is 0.432. The molecule has 3 amide bonds. The lowest BCUT2D eigenvalue weighted by molar-refractivity contribution is -0.135. The van der Waals surface area contributed by atoms with Crippen LogP contribution >= 0.6 is 35.6 Å². The van der Waals surface area contributed by atoms with E-state index in [1.54, 1.807) is 22.9 Å². The van der Waals surface area contributed by atoms with Crippen molar-refractivity contribution in [2.45, 2.75) is 31.9 Å². The van der Waals surface area contributed by atoms with Crippen LogP contribution in [0, 0.1) is 5.82 Å². The van der Waals surface area contributed by atoms with Crippen LogP contribution in [-0.2, 0) is 27.4 Å². The zero-order valence-electron chi connectivity index (χ0n) is 21.3. The number of rotatable bonds is 6. The van der Waals surface area contributed by atoms with Gasteiger partial charge in [-0.15, -0.1) is 0 Å². The fourth-order valence-corrected chi connectivity index (χ4v) is 6.49. The smallest absolute Gasteiger partial charge is 0.410 e. The molecule has 1 unspecified atom stereocenters. The standard InChI is InChI=1S/C28H27ClFN3O4S2/c1-31(27(36)37-15-17-10-21(29)13-22(30)11-17)24-5-4-19-2-3-20(12-23(19)24)18-6-8-32(9-7-18)25(34)14-33-26(35)16-39-28(33)38/h2-3,6,10-13,24H,4-5,7-9,14-16H2,1H3. The predicted octanol–water partition coefficient (Wildman–Crippen LogP) is 5.21. The number of thiocarbonyl (C=S) groups is 1. The summed E-state index contributed by atoms with van der Waals surface area (Å²) in [5.41, 5.74) is 4.97. The molecule has 0 saturated carbocycles. The average Bonchev–Trinajstić information content (AvgIpc) is 3.48. The molecule has 0 spiro atoms. The van der Waals surface area contributed by atoms with E-state index < -0.39 is 11.9 Å². The Labute approximate surface area is 240 Å². The van der Waals surface area contributed by atoms with E-state index in [0.717, 1.165) is 29.5 Å². The minimum atomic E-state index is -0.487. The van der Waals surface area contributed by atoms with Crippen LogP contribution in [0.1, 0.15) is 41.1 Å². The first-order valence-corrected chi connectivity index (χ1v) is 14.4. The van der Waals surface area contributed by atoms with Crippen molar-refractivity contribution in [1.82, 2.24) is 14.7 Å². The minimum absolute atomic E-state index is 0.0109. The van der Waals surface area contributed by atoms with E-state index in [1.807, 2.05) is 6.08 Å².